The largest absolute Gasteiger partial charge is 0.344 e. The van der Waals surface area contributed by atoms with Crippen LogP contribution in [-0.2, 0) is 6.54 Å². The van der Waals surface area contributed by atoms with Gasteiger partial charge in [-0.05, 0) is 31.5 Å². The summed E-state index contributed by atoms with van der Waals surface area (Å²) in [5, 5.41) is 0.736. The number of aromatic nitrogens is 1. The molecular weight excluding hydrogens is 281 g/mol. The first-order chi connectivity index (χ1) is 9.04. The van der Waals surface area contributed by atoms with Gasteiger partial charge in [0, 0.05) is 28.5 Å². The fraction of sp³-hybridized carbons (Fsp3) is 0.267. The molecule has 0 aliphatic rings. The zero-order valence-electron chi connectivity index (χ0n) is 10.9. The number of carbonyl (C=O) groups excluding carboxylic acids is 1. The molecule has 0 aliphatic carbocycles. The van der Waals surface area contributed by atoms with Crippen molar-refractivity contribution in [2.45, 2.75) is 20.4 Å². The second-order valence-electron chi connectivity index (χ2n) is 4.52. The van der Waals surface area contributed by atoms with Crippen molar-refractivity contribution in [3.63, 3.8) is 0 Å². The second kappa shape index (κ2) is 5.81. The highest BCUT2D eigenvalue weighted by Crippen LogP contribution is 2.21. The third kappa shape index (κ3) is 2.85. The molecule has 19 heavy (non-hydrogen) atoms. The first kappa shape index (κ1) is 14.2. The number of Topliss-reactive ketones (excluding diaryl/α,β-unsaturated/α-hetero) is 1. The van der Waals surface area contributed by atoms with E-state index in [2.05, 4.69) is 4.57 Å². The van der Waals surface area contributed by atoms with Crippen LogP contribution in [0.2, 0.25) is 5.02 Å². The van der Waals surface area contributed by atoms with Gasteiger partial charge >= 0.3 is 0 Å². The average molecular weight is 296 g/mol. The monoisotopic (exact) mass is 295 g/mol. The van der Waals surface area contributed by atoms with Crippen LogP contribution in [0.3, 0.4) is 0 Å². The lowest BCUT2D eigenvalue weighted by molar-refractivity contribution is 0.102. The maximum atomic E-state index is 11.7. The number of hydrogen-bond donors (Lipinski definition) is 0. The van der Waals surface area contributed by atoms with Gasteiger partial charge < -0.3 is 4.57 Å². The number of rotatable bonds is 4. The van der Waals surface area contributed by atoms with Crippen LogP contribution < -0.4 is 0 Å². The standard InChI is InChI=1S/C15H15Cl2NO/c1-10-7-13(15(19)8-16)11(2)18(10)9-12-5-3-4-6-14(12)17/h3-7H,8-9H2,1-2H3. The fourth-order valence-corrected chi connectivity index (χ4v) is 2.54. The van der Waals surface area contributed by atoms with Crippen LogP contribution in [-0.4, -0.2) is 16.2 Å². The third-order valence-electron chi connectivity index (χ3n) is 3.28. The van der Waals surface area contributed by atoms with Gasteiger partial charge in [0.05, 0.1) is 5.88 Å². The third-order valence-corrected chi connectivity index (χ3v) is 3.89. The Hall–Kier alpha value is -1.25. The highest BCUT2D eigenvalue weighted by molar-refractivity contribution is 6.31. The number of benzene rings is 1. The minimum absolute atomic E-state index is 0.0103. The van der Waals surface area contributed by atoms with Crippen LogP contribution in [0, 0.1) is 13.8 Å². The number of hydrogen-bond acceptors (Lipinski definition) is 1. The summed E-state index contributed by atoms with van der Waals surface area (Å²) >= 11 is 11.8. The summed E-state index contributed by atoms with van der Waals surface area (Å²) in [4.78, 5) is 11.7. The highest BCUT2D eigenvalue weighted by Gasteiger charge is 2.15. The van der Waals surface area contributed by atoms with E-state index in [1.54, 1.807) is 0 Å². The van der Waals surface area contributed by atoms with Gasteiger partial charge in [-0.1, -0.05) is 29.8 Å². The molecule has 0 saturated carbocycles. The van der Waals surface area contributed by atoms with E-state index in [-0.39, 0.29) is 11.7 Å². The van der Waals surface area contributed by atoms with E-state index < -0.39 is 0 Å². The van der Waals surface area contributed by atoms with E-state index in [1.165, 1.54) is 0 Å². The van der Waals surface area contributed by atoms with Crippen molar-refractivity contribution >= 4 is 29.0 Å². The van der Waals surface area contributed by atoms with Crippen molar-refractivity contribution in [1.82, 2.24) is 4.57 Å². The number of carbonyl (C=O) groups is 1. The first-order valence-electron chi connectivity index (χ1n) is 6.04. The fourth-order valence-electron chi connectivity index (χ4n) is 2.20. The van der Waals surface area contributed by atoms with E-state index in [4.69, 9.17) is 23.2 Å². The second-order valence-corrected chi connectivity index (χ2v) is 5.19. The summed E-state index contributed by atoms with van der Waals surface area (Å²) < 4.78 is 2.08. The topological polar surface area (TPSA) is 22.0 Å². The van der Waals surface area contributed by atoms with Crippen LogP contribution >= 0.6 is 23.2 Å². The van der Waals surface area contributed by atoms with Crippen LogP contribution in [0.25, 0.3) is 0 Å². The predicted octanol–water partition coefficient (Wildman–Crippen LogP) is 4.23. The molecule has 0 amide bonds. The van der Waals surface area contributed by atoms with Gasteiger partial charge in [-0.3, -0.25) is 4.79 Å². The quantitative estimate of drug-likeness (QED) is 0.611. The molecule has 1 aromatic carbocycles. The molecule has 2 rings (SSSR count). The molecule has 0 atom stereocenters. The van der Waals surface area contributed by atoms with E-state index >= 15 is 0 Å². The molecule has 1 heterocycles. The number of ketones is 1. The lowest BCUT2D eigenvalue weighted by Gasteiger charge is -2.11. The lowest BCUT2D eigenvalue weighted by Crippen LogP contribution is -2.07. The van der Waals surface area contributed by atoms with E-state index in [1.807, 2.05) is 44.2 Å². The van der Waals surface area contributed by atoms with Crippen molar-refractivity contribution in [2.75, 3.05) is 5.88 Å². The van der Waals surface area contributed by atoms with Gasteiger partial charge in [0.1, 0.15) is 0 Å². The molecule has 0 radical (unpaired) electrons. The summed E-state index contributed by atoms with van der Waals surface area (Å²) in [5.74, 6) is -0.0312. The number of halogens is 2. The minimum Gasteiger partial charge on any atom is -0.344 e. The summed E-state index contributed by atoms with van der Waals surface area (Å²) in [6.07, 6.45) is 0. The molecule has 0 N–H and O–H groups in total. The molecule has 2 nitrogen and oxygen atoms in total. The summed E-state index contributed by atoms with van der Waals surface area (Å²) in [7, 11) is 0. The Morgan fingerprint density at radius 3 is 2.58 bits per heavy atom. The average Bonchev–Trinajstić information content (AvgIpc) is 2.68. The molecule has 1 aromatic heterocycles. The molecule has 4 heteroatoms. The summed E-state index contributed by atoms with van der Waals surface area (Å²) in [6, 6.07) is 9.61. The Morgan fingerprint density at radius 1 is 1.26 bits per heavy atom. The Balaban J connectivity index is 2.39. The number of aryl methyl sites for hydroxylation is 1. The van der Waals surface area contributed by atoms with E-state index in [0.717, 1.165) is 22.0 Å². The zero-order valence-corrected chi connectivity index (χ0v) is 12.4. The predicted molar refractivity (Wildman–Crippen MR) is 79.5 cm³/mol. The van der Waals surface area contributed by atoms with Gasteiger partial charge in [0.2, 0.25) is 0 Å². The van der Waals surface area contributed by atoms with Crippen LogP contribution in [0.4, 0.5) is 0 Å². The van der Waals surface area contributed by atoms with Crippen LogP contribution in [0.5, 0.6) is 0 Å². The van der Waals surface area contributed by atoms with Crippen molar-refractivity contribution in [3.8, 4) is 0 Å². The Labute approximate surface area is 123 Å². The van der Waals surface area contributed by atoms with Gasteiger partial charge in [-0.15, -0.1) is 11.6 Å². The molecular formula is C15H15Cl2NO. The summed E-state index contributed by atoms with van der Waals surface area (Å²) in [5.41, 5.74) is 3.70. The van der Waals surface area contributed by atoms with Crippen molar-refractivity contribution in [3.05, 3.63) is 57.9 Å². The zero-order chi connectivity index (χ0) is 14.0. The van der Waals surface area contributed by atoms with Crippen LogP contribution in [0.1, 0.15) is 27.3 Å². The Kier molecular flexibility index (Phi) is 4.33. The molecule has 100 valence electrons. The smallest absolute Gasteiger partial charge is 0.179 e. The van der Waals surface area contributed by atoms with Gasteiger partial charge in [0.15, 0.2) is 5.78 Å². The normalized spacial score (nSPS) is 10.7. The molecule has 0 unspecified atom stereocenters. The molecule has 0 spiro atoms. The minimum atomic E-state index is -0.0415. The highest BCUT2D eigenvalue weighted by atomic mass is 35.5. The first-order valence-corrected chi connectivity index (χ1v) is 6.95. The van der Waals surface area contributed by atoms with Crippen molar-refractivity contribution in [1.29, 1.82) is 0 Å². The molecule has 0 aliphatic heterocycles. The lowest BCUT2D eigenvalue weighted by atomic mass is 10.2. The Morgan fingerprint density at radius 2 is 1.95 bits per heavy atom. The van der Waals surface area contributed by atoms with Gasteiger partial charge in [-0.25, -0.2) is 0 Å². The number of nitrogens with zero attached hydrogens (tertiary/aromatic N) is 1. The van der Waals surface area contributed by atoms with Crippen LogP contribution in [0.15, 0.2) is 30.3 Å². The molecule has 0 fully saturated rings. The van der Waals surface area contributed by atoms with Crippen molar-refractivity contribution < 1.29 is 4.79 Å². The van der Waals surface area contributed by atoms with E-state index in [0.29, 0.717) is 12.1 Å². The molecule has 0 saturated heterocycles. The van der Waals surface area contributed by atoms with E-state index in [9.17, 15) is 4.79 Å². The maximum Gasteiger partial charge on any atom is 0.179 e. The molecule has 0 bridgehead atoms. The van der Waals surface area contributed by atoms with Crippen molar-refractivity contribution in [2.24, 2.45) is 0 Å². The number of alkyl halides is 1. The van der Waals surface area contributed by atoms with Gasteiger partial charge in [-0.2, -0.15) is 0 Å². The Bertz CT molecular complexity index is 617. The maximum absolute atomic E-state index is 11.7. The van der Waals surface area contributed by atoms with Gasteiger partial charge in [0.25, 0.3) is 0 Å². The SMILES string of the molecule is Cc1cc(C(=O)CCl)c(C)n1Cc1ccccc1Cl. The molecule has 2 aromatic rings. The summed E-state index contributed by atoms with van der Waals surface area (Å²) in [6.45, 7) is 4.57.